The molecule has 0 saturated carbocycles. The summed E-state index contributed by atoms with van der Waals surface area (Å²) in [6.07, 6.45) is 0. The molecule has 14 heavy (non-hydrogen) atoms. The predicted octanol–water partition coefficient (Wildman–Crippen LogP) is 3.91. The first-order valence-electron chi connectivity index (χ1n) is 5.19. The van der Waals surface area contributed by atoms with Gasteiger partial charge in [-0.3, -0.25) is 0 Å². The standard InChI is InChI=1S/C13H17N/c1-8(2)11-6-5-7-12-9(3)10(4)14-13(11)12/h5-8,14H,1-4H3. The number of nitrogens with one attached hydrogen (secondary N) is 1. The number of H-pyrrole nitrogens is 1. The van der Waals surface area contributed by atoms with Gasteiger partial charge >= 0.3 is 0 Å². The number of hydrogen-bond donors (Lipinski definition) is 1. The monoisotopic (exact) mass is 187 g/mol. The molecular weight excluding hydrogens is 170 g/mol. The highest BCUT2D eigenvalue weighted by Crippen LogP contribution is 2.28. The van der Waals surface area contributed by atoms with Gasteiger partial charge in [-0.15, -0.1) is 0 Å². The fourth-order valence-electron chi connectivity index (χ4n) is 1.99. The van der Waals surface area contributed by atoms with Crippen molar-refractivity contribution in [2.45, 2.75) is 33.6 Å². The Kier molecular flexibility index (Phi) is 2.10. The summed E-state index contributed by atoms with van der Waals surface area (Å²) in [7, 11) is 0. The minimum absolute atomic E-state index is 0.580. The molecule has 74 valence electrons. The second-order valence-corrected chi connectivity index (χ2v) is 4.30. The van der Waals surface area contributed by atoms with Crippen LogP contribution >= 0.6 is 0 Å². The first-order valence-corrected chi connectivity index (χ1v) is 5.19. The summed E-state index contributed by atoms with van der Waals surface area (Å²) in [4.78, 5) is 3.48. The molecule has 1 nitrogen and oxygen atoms in total. The van der Waals surface area contributed by atoms with Gasteiger partial charge in [0.05, 0.1) is 0 Å². The van der Waals surface area contributed by atoms with Gasteiger partial charge in [0.1, 0.15) is 0 Å². The summed E-state index contributed by atoms with van der Waals surface area (Å²) < 4.78 is 0. The average molecular weight is 187 g/mol. The third kappa shape index (κ3) is 1.24. The molecule has 0 aliphatic heterocycles. The van der Waals surface area contributed by atoms with Crippen LogP contribution in [0.3, 0.4) is 0 Å². The lowest BCUT2D eigenvalue weighted by Gasteiger charge is -2.06. The highest BCUT2D eigenvalue weighted by molar-refractivity contribution is 5.87. The van der Waals surface area contributed by atoms with Crippen LogP contribution in [0.2, 0.25) is 0 Å². The van der Waals surface area contributed by atoms with Gasteiger partial charge in [-0.1, -0.05) is 32.0 Å². The number of benzene rings is 1. The van der Waals surface area contributed by atoms with Crippen LogP contribution in [0.15, 0.2) is 18.2 Å². The highest BCUT2D eigenvalue weighted by atomic mass is 14.7. The van der Waals surface area contributed by atoms with Gasteiger partial charge in [0, 0.05) is 16.6 Å². The molecule has 1 aromatic heterocycles. The average Bonchev–Trinajstić information content (AvgIpc) is 2.43. The largest absolute Gasteiger partial charge is 0.358 e. The molecule has 0 aliphatic rings. The minimum atomic E-state index is 0.580. The van der Waals surface area contributed by atoms with E-state index in [9.17, 15) is 0 Å². The van der Waals surface area contributed by atoms with Gasteiger partial charge in [-0.2, -0.15) is 0 Å². The lowest BCUT2D eigenvalue weighted by molar-refractivity contribution is 0.873. The Hall–Kier alpha value is -1.24. The number of fused-ring (bicyclic) bond motifs is 1. The third-order valence-corrected chi connectivity index (χ3v) is 3.00. The van der Waals surface area contributed by atoms with E-state index in [0.29, 0.717) is 5.92 Å². The summed E-state index contributed by atoms with van der Waals surface area (Å²) >= 11 is 0. The lowest BCUT2D eigenvalue weighted by Crippen LogP contribution is -1.88. The molecule has 0 aliphatic carbocycles. The molecule has 0 unspecified atom stereocenters. The van der Waals surface area contributed by atoms with Crippen molar-refractivity contribution in [3.63, 3.8) is 0 Å². The van der Waals surface area contributed by atoms with Crippen molar-refractivity contribution in [3.05, 3.63) is 35.0 Å². The van der Waals surface area contributed by atoms with E-state index in [1.165, 1.54) is 27.7 Å². The van der Waals surface area contributed by atoms with E-state index in [4.69, 9.17) is 0 Å². The van der Waals surface area contributed by atoms with Crippen LogP contribution in [0.4, 0.5) is 0 Å². The normalized spacial score (nSPS) is 11.5. The number of aromatic amines is 1. The lowest BCUT2D eigenvalue weighted by atomic mass is 10.00. The smallest absolute Gasteiger partial charge is 0.0493 e. The van der Waals surface area contributed by atoms with Gasteiger partial charge in [-0.25, -0.2) is 0 Å². The maximum Gasteiger partial charge on any atom is 0.0493 e. The summed E-state index contributed by atoms with van der Waals surface area (Å²) in [5.41, 5.74) is 5.40. The van der Waals surface area contributed by atoms with Crippen LogP contribution in [-0.4, -0.2) is 4.98 Å². The number of aryl methyl sites for hydroxylation is 2. The van der Waals surface area contributed by atoms with Gasteiger partial charge in [0.15, 0.2) is 0 Å². The van der Waals surface area contributed by atoms with E-state index >= 15 is 0 Å². The first-order chi connectivity index (χ1) is 6.61. The second-order valence-electron chi connectivity index (χ2n) is 4.30. The van der Waals surface area contributed by atoms with E-state index in [-0.39, 0.29) is 0 Å². The maximum absolute atomic E-state index is 3.48. The van der Waals surface area contributed by atoms with Gasteiger partial charge in [-0.05, 0) is 30.9 Å². The molecular formula is C13H17N. The summed E-state index contributed by atoms with van der Waals surface area (Å²) in [6, 6.07) is 6.56. The number of aromatic nitrogens is 1. The van der Waals surface area contributed by atoms with E-state index in [1.54, 1.807) is 0 Å². The molecule has 2 aromatic rings. The highest BCUT2D eigenvalue weighted by Gasteiger charge is 2.09. The van der Waals surface area contributed by atoms with Crippen molar-refractivity contribution >= 4 is 10.9 Å². The third-order valence-electron chi connectivity index (χ3n) is 3.00. The topological polar surface area (TPSA) is 15.8 Å². The Balaban J connectivity index is 2.81. The van der Waals surface area contributed by atoms with Crippen molar-refractivity contribution in [2.24, 2.45) is 0 Å². The van der Waals surface area contributed by atoms with E-state index in [0.717, 1.165) is 0 Å². The van der Waals surface area contributed by atoms with E-state index in [1.807, 2.05) is 0 Å². The molecule has 0 spiro atoms. The Morgan fingerprint density at radius 3 is 2.50 bits per heavy atom. The van der Waals surface area contributed by atoms with Crippen LogP contribution in [-0.2, 0) is 0 Å². The van der Waals surface area contributed by atoms with Gasteiger partial charge in [0.2, 0.25) is 0 Å². The second kappa shape index (κ2) is 3.16. The Labute approximate surface area is 85.1 Å². The first kappa shape index (κ1) is 9.32. The molecule has 0 bridgehead atoms. The Morgan fingerprint density at radius 1 is 1.14 bits per heavy atom. The summed E-state index contributed by atoms with van der Waals surface area (Å²) in [6.45, 7) is 8.79. The van der Waals surface area contributed by atoms with Crippen LogP contribution < -0.4 is 0 Å². The zero-order valence-corrected chi connectivity index (χ0v) is 9.31. The molecule has 1 heterocycles. The summed E-state index contributed by atoms with van der Waals surface area (Å²) in [5, 5.41) is 1.37. The number of hydrogen-bond acceptors (Lipinski definition) is 0. The molecule has 0 fully saturated rings. The van der Waals surface area contributed by atoms with Gasteiger partial charge in [0.25, 0.3) is 0 Å². The van der Waals surface area contributed by atoms with Crippen molar-refractivity contribution in [1.82, 2.24) is 4.98 Å². The SMILES string of the molecule is Cc1[nH]c2c(C(C)C)cccc2c1C. The Morgan fingerprint density at radius 2 is 1.86 bits per heavy atom. The van der Waals surface area contributed by atoms with Crippen LogP contribution in [0.5, 0.6) is 0 Å². The molecule has 1 N–H and O–H groups in total. The molecule has 0 atom stereocenters. The van der Waals surface area contributed by atoms with E-state index < -0.39 is 0 Å². The fourth-order valence-corrected chi connectivity index (χ4v) is 1.99. The molecule has 0 radical (unpaired) electrons. The summed E-state index contributed by atoms with van der Waals surface area (Å²) in [5.74, 6) is 0.580. The predicted molar refractivity (Wildman–Crippen MR) is 61.9 cm³/mol. The number of para-hydroxylation sites is 1. The van der Waals surface area contributed by atoms with Crippen molar-refractivity contribution in [1.29, 1.82) is 0 Å². The zero-order chi connectivity index (χ0) is 10.3. The quantitative estimate of drug-likeness (QED) is 0.696. The fraction of sp³-hybridized carbons (Fsp3) is 0.385. The zero-order valence-electron chi connectivity index (χ0n) is 9.31. The number of rotatable bonds is 1. The maximum atomic E-state index is 3.48. The molecule has 0 saturated heterocycles. The van der Waals surface area contributed by atoms with Gasteiger partial charge < -0.3 is 4.98 Å². The molecule has 0 amide bonds. The van der Waals surface area contributed by atoms with Crippen molar-refractivity contribution in [3.8, 4) is 0 Å². The molecule has 1 heteroatoms. The van der Waals surface area contributed by atoms with Crippen molar-refractivity contribution in [2.75, 3.05) is 0 Å². The van der Waals surface area contributed by atoms with E-state index in [2.05, 4.69) is 50.9 Å². The molecule has 2 rings (SSSR count). The van der Waals surface area contributed by atoms with Crippen LogP contribution in [0.1, 0.15) is 36.6 Å². The van der Waals surface area contributed by atoms with Crippen LogP contribution in [0, 0.1) is 13.8 Å². The van der Waals surface area contributed by atoms with Crippen molar-refractivity contribution < 1.29 is 0 Å². The minimum Gasteiger partial charge on any atom is -0.358 e. The van der Waals surface area contributed by atoms with Crippen LogP contribution in [0.25, 0.3) is 10.9 Å². The molecule has 1 aromatic carbocycles. The Bertz CT molecular complexity index is 463.